The molecule has 2 amide bonds. The third kappa shape index (κ3) is 3.08. The SMILES string of the molecule is CC(O)C(C)c1sc(C(N)=O)nc1C(=O)N1CCC[C@@H]1C. The summed E-state index contributed by atoms with van der Waals surface area (Å²) in [5.74, 6) is -1.09. The maximum absolute atomic E-state index is 12.7. The molecule has 7 heteroatoms. The number of nitrogens with zero attached hydrogens (tertiary/aromatic N) is 2. The highest BCUT2D eigenvalue weighted by atomic mass is 32.1. The molecule has 6 nitrogen and oxygen atoms in total. The largest absolute Gasteiger partial charge is 0.393 e. The van der Waals surface area contributed by atoms with E-state index >= 15 is 0 Å². The zero-order valence-electron chi connectivity index (χ0n) is 12.5. The van der Waals surface area contributed by atoms with Gasteiger partial charge in [0.15, 0.2) is 5.01 Å². The van der Waals surface area contributed by atoms with Gasteiger partial charge in [-0.15, -0.1) is 11.3 Å². The van der Waals surface area contributed by atoms with Gasteiger partial charge in [0.25, 0.3) is 11.8 Å². The van der Waals surface area contributed by atoms with E-state index in [0.29, 0.717) is 11.4 Å². The lowest BCUT2D eigenvalue weighted by atomic mass is 10.0. The van der Waals surface area contributed by atoms with Gasteiger partial charge in [-0.25, -0.2) is 4.98 Å². The summed E-state index contributed by atoms with van der Waals surface area (Å²) in [6.07, 6.45) is 1.31. The molecule has 0 radical (unpaired) electrons. The van der Waals surface area contributed by atoms with Crippen molar-refractivity contribution in [2.75, 3.05) is 6.54 Å². The van der Waals surface area contributed by atoms with Crippen LogP contribution in [-0.4, -0.2) is 45.5 Å². The minimum absolute atomic E-state index is 0.118. The van der Waals surface area contributed by atoms with Crippen LogP contribution in [-0.2, 0) is 0 Å². The van der Waals surface area contributed by atoms with Crippen molar-refractivity contribution in [3.63, 3.8) is 0 Å². The summed E-state index contributed by atoms with van der Waals surface area (Å²) in [6, 6.07) is 0.172. The average molecular weight is 311 g/mol. The topological polar surface area (TPSA) is 96.5 Å². The Balaban J connectivity index is 2.41. The molecule has 1 aromatic heterocycles. The van der Waals surface area contributed by atoms with Gasteiger partial charge in [-0.3, -0.25) is 9.59 Å². The van der Waals surface area contributed by atoms with E-state index in [0.717, 1.165) is 24.2 Å². The van der Waals surface area contributed by atoms with Crippen LogP contribution < -0.4 is 5.73 Å². The zero-order valence-corrected chi connectivity index (χ0v) is 13.3. The second-order valence-electron chi connectivity index (χ2n) is 5.62. The molecule has 3 atom stereocenters. The van der Waals surface area contributed by atoms with Gasteiger partial charge in [0.05, 0.1) is 6.10 Å². The van der Waals surface area contributed by atoms with Crippen molar-refractivity contribution in [3.8, 4) is 0 Å². The molecular formula is C14H21N3O3S. The van der Waals surface area contributed by atoms with Crippen LogP contribution >= 0.6 is 11.3 Å². The van der Waals surface area contributed by atoms with E-state index in [1.807, 2.05) is 13.8 Å². The number of hydrogen-bond donors (Lipinski definition) is 2. The molecule has 0 aliphatic carbocycles. The number of carbonyl (C=O) groups is 2. The predicted octanol–water partition coefficient (Wildman–Crippen LogP) is 1.35. The summed E-state index contributed by atoms with van der Waals surface area (Å²) in [7, 11) is 0. The second kappa shape index (κ2) is 6.11. The number of amides is 2. The van der Waals surface area contributed by atoms with Crippen LogP contribution in [0.2, 0.25) is 0 Å². The van der Waals surface area contributed by atoms with Crippen LogP contribution in [0.5, 0.6) is 0 Å². The van der Waals surface area contributed by atoms with Crippen LogP contribution in [0.1, 0.15) is 64.7 Å². The zero-order chi connectivity index (χ0) is 15.7. The molecule has 1 fully saturated rings. The minimum atomic E-state index is -0.646. The van der Waals surface area contributed by atoms with Crippen molar-refractivity contribution >= 4 is 23.2 Å². The lowest BCUT2D eigenvalue weighted by molar-refractivity contribution is 0.0739. The molecule has 1 aliphatic heterocycles. The highest BCUT2D eigenvalue weighted by Crippen LogP contribution is 2.31. The number of nitrogens with two attached hydrogens (primary N) is 1. The number of aromatic nitrogens is 1. The van der Waals surface area contributed by atoms with Crippen molar-refractivity contribution in [2.24, 2.45) is 5.73 Å². The Hall–Kier alpha value is -1.47. The molecule has 0 aromatic carbocycles. The molecule has 0 spiro atoms. The molecule has 21 heavy (non-hydrogen) atoms. The van der Waals surface area contributed by atoms with Crippen LogP contribution in [0.3, 0.4) is 0 Å². The van der Waals surface area contributed by atoms with E-state index in [2.05, 4.69) is 4.98 Å². The van der Waals surface area contributed by atoms with Crippen LogP contribution in [0, 0.1) is 0 Å². The van der Waals surface area contributed by atoms with Crippen LogP contribution in [0.25, 0.3) is 0 Å². The monoisotopic (exact) mass is 311 g/mol. The van der Waals surface area contributed by atoms with Crippen LogP contribution in [0.15, 0.2) is 0 Å². The maximum atomic E-state index is 12.7. The van der Waals surface area contributed by atoms with Gasteiger partial charge in [-0.1, -0.05) is 6.92 Å². The van der Waals surface area contributed by atoms with Gasteiger partial charge >= 0.3 is 0 Å². The first-order chi connectivity index (χ1) is 9.82. The molecule has 1 aliphatic rings. The predicted molar refractivity (Wildman–Crippen MR) is 80.5 cm³/mol. The van der Waals surface area contributed by atoms with E-state index in [-0.39, 0.29) is 28.6 Å². The molecule has 1 saturated heterocycles. The lowest BCUT2D eigenvalue weighted by Gasteiger charge is -2.22. The average Bonchev–Trinajstić information content (AvgIpc) is 3.03. The number of primary amides is 1. The Labute approximate surface area is 128 Å². The van der Waals surface area contributed by atoms with Gasteiger partial charge in [0.2, 0.25) is 0 Å². The first kappa shape index (κ1) is 15.9. The van der Waals surface area contributed by atoms with E-state index in [1.165, 1.54) is 0 Å². The number of rotatable bonds is 4. The van der Waals surface area contributed by atoms with Crippen molar-refractivity contribution in [2.45, 2.75) is 51.7 Å². The second-order valence-corrected chi connectivity index (χ2v) is 6.65. The summed E-state index contributed by atoms with van der Waals surface area (Å²) in [5, 5.41) is 9.90. The van der Waals surface area contributed by atoms with Crippen molar-refractivity contribution in [3.05, 3.63) is 15.6 Å². The van der Waals surface area contributed by atoms with Crippen molar-refractivity contribution in [1.29, 1.82) is 0 Å². The molecule has 3 N–H and O–H groups in total. The highest BCUT2D eigenvalue weighted by Gasteiger charge is 2.32. The minimum Gasteiger partial charge on any atom is -0.393 e. The number of thiazole rings is 1. The number of hydrogen-bond acceptors (Lipinski definition) is 5. The quantitative estimate of drug-likeness (QED) is 0.877. The molecule has 2 heterocycles. The van der Waals surface area contributed by atoms with Gasteiger partial charge in [0.1, 0.15) is 5.69 Å². The van der Waals surface area contributed by atoms with E-state index < -0.39 is 12.0 Å². The molecule has 1 aromatic rings. The third-order valence-corrected chi connectivity index (χ3v) is 5.29. The van der Waals surface area contributed by atoms with Gasteiger partial charge in [0, 0.05) is 23.4 Å². The Bertz CT molecular complexity index is 556. The summed E-state index contributed by atoms with van der Waals surface area (Å²) in [4.78, 5) is 30.6. The number of likely N-dealkylation sites (tertiary alicyclic amines) is 1. The van der Waals surface area contributed by atoms with Crippen molar-refractivity contribution < 1.29 is 14.7 Å². The fraction of sp³-hybridized carbons (Fsp3) is 0.643. The first-order valence-electron chi connectivity index (χ1n) is 7.12. The van der Waals surface area contributed by atoms with Gasteiger partial charge in [-0.2, -0.15) is 0 Å². The highest BCUT2D eigenvalue weighted by molar-refractivity contribution is 7.14. The third-order valence-electron chi connectivity index (χ3n) is 4.02. The fourth-order valence-corrected chi connectivity index (χ4v) is 3.55. The first-order valence-corrected chi connectivity index (χ1v) is 7.94. The van der Waals surface area contributed by atoms with E-state index in [9.17, 15) is 14.7 Å². The fourth-order valence-electron chi connectivity index (χ4n) is 2.49. The standard InChI is InChI=1S/C14H21N3O3S/c1-7-5-4-6-17(7)14(20)10-11(8(2)9(3)18)21-13(16-10)12(15)19/h7-9,18H,4-6H2,1-3H3,(H2,15,19)/t7-,8?,9?/m0/s1. The molecule has 0 bridgehead atoms. The Morgan fingerprint density at radius 1 is 1.48 bits per heavy atom. The number of aliphatic hydroxyl groups excluding tert-OH is 1. The summed E-state index contributed by atoms with van der Waals surface area (Å²) in [6.45, 7) is 6.17. The molecule has 2 unspecified atom stereocenters. The van der Waals surface area contributed by atoms with E-state index in [4.69, 9.17) is 5.73 Å². The Morgan fingerprint density at radius 3 is 2.62 bits per heavy atom. The van der Waals surface area contributed by atoms with Crippen molar-refractivity contribution in [1.82, 2.24) is 9.88 Å². The number of carbonyl (C=O) groups excluding carboxylic acids is 2. The molecule has 2 rings (SSSR count). The number of aliphatic hydroxyl groups is 1. The van der Waals surface area contributed by atoms with E-state index in [1.54, 1.807) is 11.8 Å². The molecule has 116 valence electrons. The summed E-state index contributed by atoms with van der Waals surface area (Å²) < 4.78 is 0. The molecule has 0 saturated carbocycles. The summed E-state index contributed by atoms with van der Waals surface area (Å²) in [5.41, 5.74) is 5.53. The lowest BCUT2D eigenvalue weighted by Crippen LogP contribution is -2.34. The van der Waals surface area contributed by atoms with Gasteiger partial charge < -0.3 is 15.7 Å². The smallest absolute Gasteiger partial charge is 0.277 e. The summed E-state index contributed by atoms with van der Waals surface area (Å²) >= 11 is 1.10. The Kier molecular flexibility index (Phi) is 4.63. The Morgan fingerprint density at radius 2 is 2.14 bits per heavy atom. The van der Waals surface area contributed by atoms with Gasteiger partial charge in [-0.05, 0) is 26.7 Å². The normalized spacial score (nSPS) is 21.3. The van der Waals surface area contributed by atoms with Crippen LogP contribution in [0.4, 0.5) is 0 Å². The maximum Gasteiger partial charge on any atom is 0.277 e. The molecular weight excluding hydrogens is 290 g/mol.